The Hall–Kier alpha value is -4.72. The average molecular weight is 594 g/mol. The quantitative estimate of drug-likeness (QED) is 0.205. The van der Waals surface area contributed by atoms with Crippen LogP contribution in [0.3, 0.4) is 0 Å². The second kappa shape index (κ2) is 20.2. The molecule has 2 aromatic carbocycles. The Labute approximate surface area is 252 Å². The van der Waals surface area contributed by atoms with Crippen molar-refractivity contribution in [3.63, 3.8) is 0 Å². The van der Waals surface area contributed by atoms with Crippen LogP contribution in [0, 0.1) is 13.8 Å². The molecule has 0 aliphatic rings. The van der Waals surface area contributed by atoms with Crippen LogP contribution in [0.15, 0.2) is 109 Å². The van der Waals surface area contributed by atoms with Gasteiger partial charge in [-0.2, -0.15) is 0 Å². The maximum absolute atomic E-state index is 11.2. The molecule has 213 valence electrons. The SMILES string of the molecule is CC(=O)/C=C(\[O-])c1ccccc1.CC(=O)/C=C(\[O-])c1ccccc1.Cc1ccc(N)nc1.Cc1ccc(N)nc1.[Mn+2]. The van der Waals surface area contributed by atoms with E-state index < -0.39 is 0 Å². The zero-order valence-electron chi connectivity index (χ0n) is 23.5. The van der Waals surface area contributed by atoms with E-state index in [1.54, 1.807) is 73.1 Å². The van der Waals surface area contributed by atoms with Gasteiger partial charge in [-0.3, -0.25) is 9.59 Å². The van der Waals surface area contributed by atoms with Crippen molar-refractivity contribution < 1.29 is 36.9 Å². The molecule has 0 fully saturated rings. The molecule has 0 unspecified atom stereocenters. The third-order valence-electron chi connectivity index (χ3n) is 4.65. The predicted octanol–water partition coefficient (Wildman–Crippen LogP) is 3.90. The van der Waals surface area contributed by atoms with Gasteiger partial charge >= 0.3 is 17.1 Å². The van der Waals surface area contributed by atoms with Crippen LogP contribution in [0.4, 0.5) is 11.6 Å². The fourth-order valence-corrected chi connectivity index (χ4v) is 2.70. The van der Waals surface area contributed by atoms with E-state index in [1.807, 2.05) is 38.1 Å². The summed E-state index contributed by atoms with van der Waals surface area (Å²) in [5.41, 5.74) is 14.0. The second-order valence-corrected chi connectivity index (χ2v) is 8.49. The smallest absolute Gasteiger partial charge is 0.872 e. The molecule has 0 atom stereocenters. The van der Waals surface area contributed by atoms with E-state index in [2.05, 4.69) is 9.97 Å². The minimum atomic E-state index is -0.233. The van der Waals surface area contributed by atoms with Crippen molar-refractivity contribution >= 4 is 34.7 Å². The summed E-state index contributed by atoms with van der Waals surface area (Å²) >= 11 is 0. The van der Waals surface area contributed by atoms with Gasteiger partial charge < -0.3 is 21.7 Å². The van der Waals surface area contributed by atoms with E-state index in [4.69, 9.17) is 11.5 Å². The van der Waals surface area contributed by atoms with E-state index in [1.165, 1.54) is 13.8 Å². The molecule has 2 heterocycles. The molecule has 2 aromatic heterocycles. The summed E-state index contributed by atoms with van der Waals surface area (Å²) in [5.74, 6) is 0.255. The topological polar surface area (TPSA) is 158 Å². The van der Waals surface area contributed by atoms with Crippen LogP contribution in [0.1, 0.15) is 36.1 Å². The van der Waals surface area contributed by atoms with Crippen LogP contribution in [0.25, 0.3) is 11.5 Å². The molecule has 4 aromatic rings. The molecule has 4 rings (SSSR count). The number of anilines is 2. The molecule has 0 saturated heterocycles. The molecule has 0 saturated carbocycles. The van der Waals surface area contributed by atoms with Gasteiger partial charge in [-0.15, -0.1) is 0 Å². The van der Waals surface area contributed by atoms with Gasteiger partial charge in [-0.1, -0.05) is 84.3 Å². The first-order valence-corrected chi connectivity index (χ1v) is 12.2. The zero-order chi connectivity index (χ0) is 29.9. The Kier molecular flexibility index (Phi) is 17.9. The number of carbonyl (C=O) groups is 2. The maximum Gasteiger partial charge on any atom is 2.00 e. The molecule has 8 nitrogen and oxygen atoms in total. The number of allylic oxidation sites excluding steroid dienone is 2. The number of aryl methyl sites for hydroxylation is 2. The molecule has 0 bridgehead atoms. The molecular weight excluding hydrogens is 559 g/mol. The molecule has 9 heteroatoms. The Bertz CT molecular complexity index is 1220. The van der Waals surface area contributed by atoms with Gasteiger partial charge in [-0.25, -0.2) is 9.97 Å². The van der Waals surface area contributed by atoms with Crippen LogP contribution in [0.5, 0.6) is 0 Å². The molecular formula is C32H34MnN4O4. The summed E-state index contributed by atoms with van der Waals surface area (Å²) in [5, 5.41) is 22.4. The number of carbonyl (C=O) groups excluding carboxylic acids is 2. The Morgan fingerprint density at radius 1 is 0.610 bits per heavy atom. The van der Waals surface area contributed by atoms with Gasteiger partial charge in [0.1, 0.15) is 11.6 Å². The summed E-state index contributed by atoms with van der Waals surface area (Å²) in [7, 11) is 0. The van der Waals surface area contributed by atoms with Gasteiger partial charge in [0.2, 0.25) is 0 Å². The van der Waals surface area contributed by atoms with Crippen molar-refractivity contribution in [1.82, 2.24) is 9.97 Å². The monoisotopic (exact) mass is 593 g/mol. The summed E-state index contributed by atoms with van der Waals surface area (Å²) < 4.78 is 0. The van der Waals surface area contributed by atoms with Gasteiger partial charge in [0.15, 0.2) is 11.6 Å². The van der Waals surface area contributed by atoms with E-state index in [-0.39, 0.29) is 40.2 Å². The number of nitrogens with zero attached hydrogens (tertiary/aromatic N) is 2. The maximum atomic E-state index is 11.2. The Morgan fingerprint density at radius 2 is 0.927 bits per heavy atom. The van der Waals surface area contributed by atoms with Crippen molar-refractivity contribution in [3.8, 4) is 0 Å². The number of hydrogen-bond donors (Lipinski definition) is 2. The third-order valence-corrected chi connectivity index (χ3v) is 4.65. The number of nitrogens with two attached hydrogens (primary N) is 2. The number of rotatable bonds is 4. The van der Waals surface area contributed by atoms with E-state index in [0.29, 0.717) is 22.8 Å². The Balaban J connectivity index is 0.000000525. The number of benzene rings is 2. The summed E-state index contributed by atoms with van der Waals surface area (Å²) in [6.07, 6.45) is 5.68. The van der Waals surface area contributed by atoms with E-state index >= 15 is 0 Å². The molecule has 4 N–H and O–H groups in total. The number of ketones is 2. The molecule has 0 spiro atoms. The van der Waals surface area contributed by atoms with E-state index in [0.717, 1.165) is 23.3 Å². The zero-order valence-corrected chi connectivity index (χ0v) is 24.6. The van der Waals surface area contributed by atoms with E-state index in [9.17, 15) is 19.8 Å². The van der Waals surface area contributed by atoms with Crippen molar-refractivity contribution in [3.05, 3.63) is 132 Å². The third kappa shape index (κ3) is 17.5. The summed E-state index contributed by atoms with van der Waals surface area (Å²) in [6, 6.07) is 24.9. The normalized spacial score (nSPS) is 10.1. The van der Waals surface area contributed by atoms with Crippen molar-refractivity contribution in [2.24, 2.45) is 0 Å². The van der Waals surface area contributed by atoms with Crippen LogP contribution in [0.2, 0.25) is 0 Å². The van der Waals surface area contributed by atoms with Crippen molar-refractivity contribution in [2.75, 3.05) is 11.5 Å². The number of pyridine rings is 2. The Morgan fingerprint density at radius 3 is 1.15 bits per heavy atom. The average Bonchev–Trinajstić information content (AvgIpc) is 2.93. The number of hydrogen-bond acceptors (Lipinski definition) is 8. The van der Waals surface area contributed by atoms with Gasteiger partial charge in [0.25, 0.3) is 0 Å². The van der Waals surface area contributed by atoms with Gasteiger partial charge in [0.05, 0.1) is 0 Å². The largest absolute Gasteiger partial charge is 2.00 e. The van der Waals surface area contributed by atoms with Crippen molar-refractivity contribution in [2.45, 2.75) is 27.7 Å². The first-order valence-electron chi connectivity index (χ1n) is 12.2. The fourth-order valence-electron chi connectivity index (χ4n) is 2.70. The molecule has 41 heavy (non-hydrogen) atoms. The second-order valence-electron chi connectivity index (χ2n) is 8.49. The van der Waals surface area contributed by atoms with Crippen LogP contribution >= 0.6 is 0 Å². The van der Waals surface area contributed by atoms with Crippen LogP contribution < -0.4 is 21.7 Å². The molecule has 0 aliphatic heterocycles. The number of aromatic nitrogens is 2. The summed E-state index contributed by atoms with van der Waals surface area (Å²) in [4.78, 5) is 28.8. The predicted molar refractivity (Wildman–Crippen MR) is 157 cm³/mol. The van der Waals surface area contributed by atoms with Gasteiger partial charge in [-0.05, 0) is 74.2 Å². The minimum Gasteiger partial charge on any atom is -0.872 e. The molecule has 1 radical (unpaired) electrons. The summed E-state index contributed by atoms with van der Waals surface area (Å²) in [6.45, 7) is 6.68. The minimum absolute atomic E-state index is 0. The standard InChI is InChI=1S/2C10H10O2.2C6H8N2.Mn/c2*1-8(11)7-10(12)9-5-3-2-4-6-9;2*1-5-2-3-6(7)8-4-5;/h2*2-7,12H,1H3;2*2-4H,1H3,(H2,7,8);/q;;;;+2/p-2/b2*10-7-;;;. The molecule has 0 amide bonds. The molecule has 0 aliphatic carbocycles. The van der Waals surface area contributed by atoms with Crippen LogP contribution in [-0.4, -0.2) is 21.5 Å². The first kappa shape index (κ1) is 36.3. The number of nitrogen functional groups attached to an aromatic ring is 2. The first-order chi connectivity index (χ1) is 19.0. The van der Waals surface area contributed by atoms with Gasteiger partial charge in [0, 0.05) is 12.4 Å². The fraction of sp³-hybridized carbons (Fsp3) is 0.125. The van der Waals surface area contributed by atoms with Crippen molar-refractivity contribution in [1.29, 1.82) is 0 Å². The van der Waals surface area contributed by atoms with Crippen LogP contribution in [-0.2, 0) is 26.7 Å².